The maximum Gasteiger partial charge on any atom is 0.269 e. The highest BCUT2D eigenvalue weighted by atomic mass is 35.5. The quantitative estimate of drug-likeness (QED) is 0.654. The highest BCUT2D eigenvalue weighted by molar-refractivity contribution is 6.33. The van der Waals surface area contributed by atoms with E-state index in [1.54, 1.807) is 0 Å². The number of hydrogen-bond donors (Lipinski definition) is 2. The van der Waals surface area contributed by atoms with Gasteiger partial charge in [0, 0.05) is 18.7 Å². The van der Waals surface area contributed by atoms with Crippen LogP contribution in [0.2, 0.25) is 5.02 Å². The van der Waals surface area contributed by atoms with Crippen LogP contribution in [-0.2, 0) is 0 Å². The summed E-state index contributed by atoms with van der Waals surface area (Å²) in [5.74, 6) is -0.438. The number of nitro benzene ring substituents is 1. The largest absolute Gasteiger partial charge is 0.387 e. The lowest BCUT2D eigenvalue weighted by Gasteiger charge is -2.14. The van der Waals surface area contributed by atoms with Crippen LogP contribution in [0.15, 0.2) is 42.5 Å². The number of aliphatic hydroxyl groups is 1. The molecule has 0 aliphatic carbocycles. The highest BCUT2D eigenvalue weighted by Gasteiger charge is 2.11. The van der Waals surface area contributed by atoms with Gasteiger partial charge in [-0.05, 0) is 35.9 Å². The second kappa shape index (κ2) is 6.51. The molecule has 0 radical (unpaired) electrons. The van der Waals surface area contributed by atoms with E-state index in [2.05, 4.69) is 5.32 Å². The summed E-state index contributed by atoms with van der Waals surface area (Å²) in [6.45, 7) is 0.0982. The van der Waals surface area contributed by atoms with E-state index in [0.717, 1.165) is 0 Å². The zero-order valence-corrected chi connectivity index (χ0v) is 11.5. The molecule has 0 amide bonds. The molecule has 2 rings (SSSR count). The molecule has 2 N–H and O–H groups in total. The average molecular weight is 311 g/mol. The molecule has 7 heteroatoms. The molecular weight excluding hydrogens is 299 g/mol. The van der Waals surface area contributed by atoms with Crippen LogP contribution in [0, 0.1) is 15.9 Å². The van der Waals surface area contributed by atoms with Crippen molar-refractivity contribution < 1.29 is 14.4 Å². The maximum atomic E-state index is 13.1. The summed E-state index contributed by atoms with van der Waals surface area (Å²) in [5.41, 5.74) is 0.838. The number of nitrogens with one attached hydrogen (secondary N) is 1. The lowest BCUT2D eigenvalue weighted by Crippen LogP contribution is -2.12. The number of halogens is 2. The van der Waals surface area contributed by atoms with Crippen LogP contribution in [0.25, 0.3) is 0 Å². The molecule has 0 aliphatic rings. The van der Waals surface area contributed by atoms with Crippen molar-refractivity contribution >= 4 is 23.0 Å². The molecule has 0 fully saturated rings. The molecule has 5 nitrogen and oxygen atoms in total. The number of aliphatic hydroxyl groups excluding tert-OH is 1. The Bertz CT molecular complexity index is 649. The highest BCUT2D eigenvalue weighted by Crippen LogP contribution is 2.24. The molecule has 0 saturated carbocycles. The molecule has 1 atom stereocenters. The zero-order valence-electron chi connectivity index (χ0n) is 10.8. The summed E-state index contributed by atoms with van der Waals surface area (Å²) in [7, 11) is 0. The van der Waals surface area contributed by atoms with Gasteiger partial charge in [0.15, 0.2) is 0 Å². The summed E-state index contributed by atoms with van der Waals surface area (Å²) in [6.07, 6.45) is -0.898. The van der Waals surface area contributed by atoms with Gasteiger partial charge in [-0.1, -0.05) is 11.6 Å². The predicted molar refractivity (Wildman–Crippen MR) is 78.0 cm³/mol. The Kier molecular flexibility index (Phi) is 4.72. The first kappa shape index (κ1) is 15.2. The van der Waals surface area contributed by atoms with Gasteiger partial charge in [0.05, 0.1) is 21.7 Å². The molecule has 2 aromatic carbocycles. The van der Waals surface area contributed by atoms with Crippen molar-refractivity contribution in [3.8, 4) is 0 Å². The SMILES string of the molecule is O=[N+]([O-])c1ccc(C(O)CNc2cc(F)ccc2Cl)cc1. The van der Waals surface area contributed by atoms with Crippen LogP contribution in [0.4, 0.5) is 15.8 Å². The van der Waals surface area contributed by atoms with Crippen molar-refractivity contribution in [2.24, 2.45) is 0 Å². The lowest BCUT2D eigenvalue weighted by molar-refractivity contribution is -0.384. The van der Waals surface area contributed by atoms with Crippen LogP contribution in [-0.4, -0.2) is 16.6 Å². The molecule has 21 heavy (non-hydrogen) atoms. The van der Waals surface area contributed by atoms with Crippen LogP contribution >= 0.6 is 11.6 Å². The number of nitrogens with zero attached hydrogens (tertiary/aromatic N) is 1. The van der Waals surface area contributed by atoms with E-state index in [9.17, 15) is 19.6 Å². The Labute approximate surface area is 125 Å². The fraction of sp³-hybridized carbons (Fsp3) is 0.143. The number of hydrogen-bond acceptors (Lipinski definition) is 4. The van der Waals surface area contributed by atoms with Crippen molar-refractivity contribution in [3.05, 3.63) is 69.0 Å². The van der Waals surface area contributed by atoms with E-state index < -0.39 is 16.8 Å². The van der Waals surface area contributed by atoms with Crippen LogP contribution in [0.5, 0.6) is 0 Å². The normalized spacial score (nSPS) is 12.0. The molecule has 2 aromatic rings. The fourth-order valence-electron chi connectivity index (χ4n) is 1.78. The van der Waals surface area contributed by atoms with Gasteiger partial charge in [-0.25, -0.2) is 4.39 Å². The molecule has 0 aromatic heterocycles. The average Bonchev–Trinajstić information content (AvgIpc) is 2.48. The zero-order chi connectivity index (χ0) is 15.4. The van der Waals surface area contributed by atoms with Crippen molar-refractivity contribution in [1.29, 1.82) is 0 Å². The second-order valence-corrected chi connectivity index (χ2v) is 4.78. The fourth-order valence-corrected chi connectivity index (χ4v) is 1.96. The number of anilines is 1. The van der Waals surface area contributed by atoms with E-state index >= 15 is 0 Å². The smallest absolute Gasteiger partial charge is 0.269 e. The summed E-state index contributed by atoms with van der Waals surface area (Å²) in [5, 5.41) is 23.7. The predicted octanol–water partition coefficient (Wildman–Crippen LogP) is 3.53. The summed E-state index contributed by atoms with van der Waals surface area (Å²) >= 11 is 5.90. The van der Waals surface area contributed by atoms with Gasteiger partial charge >= 0.3 is 0 Å². The van der Waals surface area contributed by atoms with Gasteiger partial charge in [-0.2, -0.15) is 0 Å². The standard InChI is InChI=1S/C14H12ClFN2O3/c15-12-6-3-10(16)7-13(12)17-8-14(19)9-1-4-11(5-2-9)18(20)21/h1-7,14,17,19H,8H2. The van der Waals surface area contributed by atoms with Crippen LogP contribution in [0.3, 0.4) is 0 Å². The summed E-state index contributed by atoms with van der Waals surface area (Å²) < 4.78 is 13.1. The molecular formula is C14H12ClFN2O3. The molecule has 0 spiro atoms. The monoisotopic (exact) mass is 310 g/mol. The number of rotatable bonds is 5. The Morgan fingerprint density at radius 3 is 2.57 bits per heavy atom. The van der Waals surface area contributed by atoms with E-state index in [-0.39, 0.29) is 12.2 Å². The third-order valence-corrected chi connectivity index (χ3v) is 3.23. The topological polar surface area (TPSA) is 75.4 Å². The Morgan fingerprint density at radius 2 is 1.95 bits per heavy atom. The van der Waals surface area contributed by atoms with Crippen molar-refractivity contribution in [1.82, 2.24) is 0 Å². The van der Waals surface area contributed by atoms with E-state index in [1.165, 1.54) is 42.5 Å². The molecule has 0 aliphatic heterocycles. The molecule has 0 bridgehead atoms. The van der Waals surface area contributed by atoms with Crippen molar-refractivity contribution in [2.75, 3.05) is 11.9 Å². The third-order valence-electron chi connectivity index (χ3n) is 2.90. The van der Waals surface area contributed by atoms with Crippen LogP contribution < -0.4 is 5.32 Å². The molecule has 0 saturated heterocycles. The Balaban J connectivity index is 2.02. The maximum absolute atomic E-state index is 13.1. The van der Waals surface area contributed by atoms with Crippen molar-refractivity contribution in [3.63, 3.8) is 0 Å². The molecule has 110 valence electrons. The minimum absolute atomic E-state index is 0.0490. The van der Waals surface area contributed by atoms with Crippen LogP contribution in [0.1, 0.15) is 11.7 Å². The van der Waals surface area contributed by atoms with Gasteiger partial charge in [0.1, 0.15) is 5.82 Å². The van der Waals surface area contributed by atoms with Gasteiger partial charge in [0.25, 0.3) is 5.69 Å². The molecule has 0 heterocycles. The van der Waals surface area contributed by atoms with Gasteiger partial charge in [0.2, 0.25) is 0 Å². The summed E-state index contributed by atoms with van der Waals surface area (Å²) in [6, 6.07) is 9.44. The number of benzene rings is 2. The van der Waals surface area contributed by atoms with Crippen molar-refractivity contribution in [2.45, 2.75) is 6.10 Å². The van der Waals surface area contributed by atoms with E-state index in [1.807, 2.05) is 0 Å². The van der Waals surface area contributed by atoms with Gasteiger partial charge in [-0.15, -0.1) is 0 Å². The minimum atomic E-state index is -0.898. The number of nitro groups is 1. The van der Waals surface area contributed by atoms with Gasteiger partial charge in [-0.3, -0.25) is 10.1 Å². The first-order chi connectivity index (χ1) is 9.97. The summed E-state index contributed by atoms with van der Waals surface area (Å²) in [4.78, 5) is 10.0. The third kappa shape index (κ3) is 3.90. The first-order valence-electron chi connectivity index (χ1n) is 6.08. The molecule has 1 unspecified atom stereocenters. The van der Waals surface area contributed by atoms with E-state index in [0.29, 0.717) is 16.3 Å². The van der Waals surface area contributed by atoms with Gasteiger partial charge < -0.3 is 10.4 Å². The number of non-ortho nitro benzene ring substituents is 1. The van der Waals surface area contributed by atoms with E-state index in [4.69, 9.17) is 11.6 Å². The minimum Gasteiger partial charge on any atom is -0.387 e. The Hall–Kier alpha value is -2.18. The first-order valence-corrected chi connectivity index (χ1v) is 6.46. The second-order valence-electron chi connectivity index (χ2n) is 4.37. The lowest BCUT2D eigenvalue weighted by atomic mass is 10.1. The Morgan fingerprint density at radius 1 is 1.29 bits per heavy atom.